The lowest BCUT2D eigenvalue weighted by atomic mass is 10.0. The van der Waals surface area contributed by atoms with Gasteiger partial charge in [-0.1, -0.05) is 26.7 Å². The lowest BCUT2D eigenvalue weighted by Crippen LogP contribution is -2.30. The van der Waals surface area contributed by atoms with Crippen LogP contribution < -0.4 is 5.32 Å². The van der Waals surface area contributed by atoms with Crippen LogP contribution in [0.3, 0.4) is 0 Å². The van der Waals surface area contributed by atoms with Gasteiger partial charge in [0.25, 0.3) is 0 Å². The largest absolute Gasteiger partial charge is 0.314 e. The quantitative estimate of drug-likeness (QED) is 0.682. The average molecular weight is 195 g/mol. The van der Waals surface area contributed by atoms with Crippen LogP contribution in [0.2, 0.25) is 0 Å². The summed E-state index contributed by atoms with van der Waals surface area (Å²) >= 11 is 0. The van der Waals surface area contributed by atoms with E-state index < -0.39 is 0 Å². The fourth-order valence-electron chi connectivity index (χ4n) is 2.69. The van der Waals surface area contributed by atoms with E-state index in [1.807, 2.05) is 0 Å². The minimum atomic E-state index is 0.841. The zero-order valence-corrected chi connectivity index (χ0v) is 9.76. The second-order valence-electron chi connectivity index (χ2n) is 5.69. The summed E-state index contributed by atoms with van der Waals surface area (Å²) in [6.45, 7) is 6.08. The molecule has 1 nitrogen and oxygen atoms in total. The molecule has 0 aliphatic heterocycles. The van der Waals surface area contributed by atoms with E-state index in [1.54, 1.807) is 0 Å². The molecular formula is C13H25N. The molecule has 2 saturated carbocycles. The van der Waals surface area contributed by atoms with Crippen molar-refractivity contribution < 1.29 is 0 Å². The fraction of sp³-hybridized carbons (Fsp3) is 1.00. The predicted octanol–water partition coefficient (Wildman–Crippen LogP) is 3.20. The molecule has 0 aromatic rings. The van der Waals surface area contributed by atoms with E-state index in [9.17, 15) is 0 Å². The Bertz CT molecular complexity index is 178. The summed E-state index contributed by atoms with van der Waals surface area (Å²) in [6, 6.07) is 0.841. The van der Waals surface area contributed by atoms with Crippen LogP contribution in [-0.2, 0) is 0 Å². The van der Waals surface area contributed by atoms with Gasteiger partial charge in [-0.25, -0.2) is 0 Å². The molecule has 1 N–H and O–H groups in total. The third-order valence-electron chi connectivity index (χ3n) is 4.20. The highest BCUT2D eigenvalue weighted by molar-refractivity contribution is 4.85. The summed E-state index contributed by atoms with van der Waals surface area (Å²) < 4.78 is 0. The van der Waals surface area contributed by atoms with Gasteiger partial charge in [0.05, 0.1) is 0 Å². The molecule has 2 fully saturated rings. The molecule has 4 atom stereocenters. The van der Waals surface area contributed by atoms with E-state index in [-0.39, 0.29) is 0 Å². The van der Waals surface area contributed by atoms with Gasteiger partial charge < -0.3 is 5.32 Å². The van der Waals surface area contributed by atoms with Crippen LogP contribution >= 0.6 is 0 Å². The summed E-state index contributed by atoms with van der Waals surface area (Å²) in [5.74, 6) is 2.99. The molecular weight excluding hydrogens is 170 g/mol. The van der Waals surface area contributed by atoms with Crippen molar-refractivity contribution in [3.8, 4) is 0 Å². The monoisotopic (exact) mass is 195 g/mol. The Hall–Kier alpha value is -0.0400. The van der Waals surface area contributed by atoms with Crippen LogP contribution in [0, 0.1) is 17.8 Å². The summed E-state index contributed by atoms with van der Waals surface area (Å²) in [7, 11) is 0. The topological polar surface area (TPSA) is 12.0 Å². The molecule has 1 heteroatoms. The summed E-state index contributed by atoms with van der Waals surface area (Å²) in [6.07, 6.45) is 8.65. The highest BCUT2D eigenvalue weighted by atomic mass is 14.9. The zero-order valence-electron chi connectivity index (χ0n) is 9.76. The van der Waals surface area contributed by atoms with Gasteiger partial charge in [0, 0.05) is 6.04 Å². The first-order valence-electron chi connectivity index (χ1n) is 6.49. The highest BCUT2D eigenvalue weighted by Crippen LogP contribution is 2.37. The van der Waals surface area contributed by atoms with Gasteiger partial charge in [0.15, 0.2) is 0 Å². The standard InChI is InChI=1S/C13H25N/c1-10-4-3-5-13(7-6-10)14-9-12-8-11(12)2/h10-14H,3-9H2,1-2H3. The molecule has 2 rings (SSSR count). The first-order chi connectivity index (χ1) is 6.75. The molecule has 0 aromatic heterocycles. The molecule has 14 heavy (non-hydrogen) atoms. The van der Waals surface area contributed by atoms with Crippen LogP contribution in [0.5, 0.6) is 0 Å². The minimum absolute atomic E-state index is 0.841. The molecule has 0 amide bonds. The Morgan fingerprint density at radius 2 is 1.86 bits per heavy atom. The van der Waals surface area contributed by atoms with Crippen LogP contribution in [0.4, 0.5) is 0 Å². The van der Waals surface area contributed by atoms with Crippen molar-refractivity contribution >= 4 is 0 Å². The second kappa shape index (κ2) is 4.65. The van der Waals surface area contributed by atoms with Crippen molar-refractivity contribution in [1.29, 1.82) is 0 Å². The third-order valence-corrected chi connectivity index (χ3v) is 4.20. The van der Waals surface area contributed by atoms with Crippen molar-refractivity contribution in [3.63, 3.8) is 0 Å². The van der Waals surface area contributed by atoms with E-state index in [0.717, 1.165) is 23.8 Å². The van der Waals surface area contributed by atoms with E-state index >= 15 is 0 Å². The highest BCUT2D eigenvalue weighted by Gasteiger charge is 2.32. The molecule has 82 valence electrons. The first kappa shape index (κ1) is 10.5. The Balaban J connectivity index is 1.64. The summed E-state index contributed by atoms with van der Waals surface area (Å²) in [5.41, 5.74) is 0. The number of hydrogen-bond donors (Lipinski definition) is 1. The predicted molar refractivity (Wildman–Crippen MR) is 61.3 cm³/mol. The maximum Gasteiger partial charge on any atom is 0.00672 e. The molecule has 0 radical (unpaired) electrons. The Morgan fingerprint density at radius 1 is 1.07 bits per heavy atom. The summed E-state index contributed by atoms with van der Waals surface area (Å²) in [4.78, 5) is 0. The molecule has 2 aliphatic carbocycles. The van der Waals surface area contributed by atoms with E-state index in [2.05, 4.69) is 19.2 Å². The smallest absolute Gasteiger partial charge is 0.00672 e. The normalized spacial score (nSPS) is 43.3. The number of rotatable bonds is 3. The Labute approximate surface area is 88.7 Å². The Kier molecular flexibility index (Phi) is 3.48. The lowest BCUT2D eigenvalue weighted by molar-refractivity contribution is 0.436. The molecule has 0 aromatic carbocycles. The van der Waals surface area contributed by atoms with Crippen molar-refractivity contribution in [1.82, 2.24) is 5.32 Å². The van der Waals surface area contributed by atoms with Gasteiger partial charge in [-0.3, -0.25) is 0 Å². The molecule has 0 saturated heterocycles. The lowest BCUT2D eigenvalue weighted by Gasteiger charge is -2.16. The van der Waals surface area contributed by atoms with Crippen LogP contribution in [0.25, 0.3) is 0 Å². The van der Waals surface area contributed by atoms with E-state index in [0.29, 0.717) is 0 Å². The van der Waals surface area contributed by atoms with Crippen LogP contribution in [-0.4, -0.2) is 12.6 Å². The van der Waals surface area contributed by atoms with Gasteiger partial charge in [-0.15, -0.1) is 0 Å². The number of nitrogens with one attached hydrogen (secondary N) is 1. The van der Waals surface area contributed by atoms with Crippen molar-refractivity contribution in [2.24, 2.45) is 17.8 Å². The van der Waals surface area contributed by atoms with Crippen molar-refractivity contribution in [3.05, 3.63) is 0 Å². The second-order valence-corrected chi connectivity index (χ2v) is 5.69. The van der Waals surface area contributed by atoms with Gasteiger partial charge in [0.2, 0.25) is 0 Å². The Morgan fingerprint density at radius 3 is 2.57 bits per heavy atom. The van der Waals surface area contributed by atoms with Crippen molar-refractivity contribution in [2.75, 3.05) is 6.54 Å². The van der Waals surface area contributed by atoms with Crippen LogP contribution in [0.1, 0.15) is 52.4 Å². The maximum absolute atomic E-state index is 3.77. The van der Waals surface area contributed by atoms with Crippen molar-refractivity contribution in [2.45, 2.75) is 58.4 Å². The number of hydrogen-bond acceptors (Lipinski definition) is 1. The SMILES string of the molecule is CC1CCCC(NCC2CC2C)CC1. The summed E-state index contributed by atoms with van der Waals surface area (Å²) in [5, 5.41) is 3.77. The van der Waals surface area contributed by atoms with Gasteiger partial charge in [-0.2, -0.15) is 0 Å². The molecule has 0 bridgehead atoms. The van der Waals surface area contributed by atoms with Gasteiger partial charge in [0.1, 0.15) is 0 Å². The minimum Gasteiger partial charge on any atom is -0.314 e. The first-order valence-corrected chi connectivity index (χ1v) is 6.49. The maximum atomic E-state index is 3.77. The molecule has 2 aliphatic rings. The molecule has 4 unspecified atom stereocenters. The molecule has 0 heterocycles. The van der Waals surface area contributed by atoms with E-state index in [4.69, 9.17) is 0 Å². The average Bonchev–Trinajstić information content (AvgIpc) is 2.88. The van der Waals surface area contributed by atoms with E-state index in [1.165, 1.54) is 45.1 Å². The van der Waals surface area contributed by atoms with Gasteiger partial charge >= 0.3 is 0 Å². The van der Waals surface area contributed by atoms with Crippen LogP contribution in [0.15, 0.2) is 0 Å². The third kappa shape index (κ3) is 2.98. The van der Waals surface area contributed by atoms with Gasteiger partial charge in [-0.05, 0) is 50.0 Å². The zero-order chi connectivity index (χ0) is 9.97. The fourth-order valence-corrected chi connectivity index (χ4v) is 2.69. The molecule has 0 spiro atoms.